The smallest absolute Gasteiger partial charge is 0.0468 e. The quantitative estimate of drug-likeness (QED) is 0.233. The second-order valence-corrected chi connectivity index (χ2v) is 11.0. The molecule has 2 heteroatoms. The maximum atomic E-state index is 2.39. The van der Waals surface area contributed by atoms with E-state index in [1.807, 2.05) is 11.3 Å². The van der Waals surface area contributed by atoms with Gasteiger partial charge in [0, 0.05) is 37.2 Å². The van der Waals surface area contributed by atoms with Crippen molar-refractivity contribution in [3.63, 3.8) is 0 Å². The van der Waals surface area contributed by atoms with Crippen LogP contribution in [0.1, 0.15) is 0 Å². The lowest BCUT2D eigenvalue weighted by Gasteiger charge is -2.26. The van der Waals surface area contributed by atoms with Crippen molar-refractivity contribution < 1.29 is 0 Å². The Kier molecular flexibility index (Phi) is 4.76. The summed E-state index contributed by atoms with van der Waals surface area (Å²) in [4.78, 5) is 2.39. The van der Waals surface area contributed by atoms with Crippen molar-refractivity contribution in [2.45, 2.75) is 0 Å². The van der Waals surface area contributed by atoms with Gasteiger partial charge in [0.25, 0.3) is 0 Å². The molecule has 0 unspecified atom stereocenters. The number of anilines is 3. The molecule has 178 valence electrons. The zero-order valence-electron chi connectivity index (χ0n) is 20.6. The Labute approximate surface area is 224 Å². The molecule has 1 nitrogen and oxygen atoms in total. The topological polar surface area (TPSA) is 3.24 Å². The predicted molar refractivity (Wildman–Crippen MR) is 167 cm³/mol. The third kappa shape index (κ3) is 3.46. The molecule has 0 saturated heterocycles. The molecule has 0 saturated carbocycles. The summed E-state index contributed by atoms with van der Waals surface area (Å²) in [5, 5.41) is 10.2. The van der Waals surface area contributed by atoms with E-state index in [9.17, 15) is 0 Å². The van der Waals surface area contributed by atoms with Crippen molar-refractivity contribution in [3.8, 4) is 0 Å². The third-order valence-electron chi connectivity index (χ3n) is 7.56. The van der Waals surface area contributed by atoms with Gasteiger partial charge in [-0.25, -0.2) is 0 Å². The normalized spacial score (nSPS) is 11.7. The van der Waals surface area contributed by atoms with Crippen LogP contribution in [0.3, 0.4) is 0 Å². The van der Waals surface area contributed by atoms with E-state index in [0.29, 0.717) is 0 Å². The Morgan fingerprint density at radius 2 is 0.789 bits per heavy atom. The molecule has 0 spiro atoms. The highest BCUT2D eigenvalue weighted by molar-refractivity contribution is 7.25. The molecule has 0 N–H and O–H groups in total. The zero-order valence-corrected chi connectivity index (χ0v) is 21.5. The summed E-state index contributed by atoms with van der Waals surface area (Å²) in [6.07, 6.45) is 0. The van der Waals surface area contributed by atoms with Gasteiger partial charge in [-0.15, -0.1) is 11.3 Å². The van der Waals surface area contributed by atoms with Crippen LogP contribution in [0.15, 0.2) is 140 Å². The zero-order chi connectivity index (χ0) is 25.1. The molecule has 0 aliphatic carbocycles. The molecule has 0 bridgehead atoms. The van der Waals surface area contributed by atoms with Crippen LogP contribution in [-0.4, -0.2) is 0 Å². The largest absolute Gasteiger partial charge is 0.310 e. The van der Waals surface area contributed by atoms with Crippen LogP contribution in [0.4, 0.5) is 17.1 Å². The Morgan fingerprint density at radius 1 is 0.342 bits per heavy atom. The van der Waals surface area contributed by atoms with Crippen LogP contribution in [0.5, 0.6) is 0 Å². The highest BCUT2D eigenvalue weighted by Crippen LogP contribution is 2.42. The minimum absolute atomic E-state index is 1.16. The summed E-state index contributed by atoms with van der Waals surface area (Å²) in [6.45, 7) is 0. The molecule has 1 aromatic heterocycles. The van der Waals surface area contributed by atoms with E-state index in [-0.39, 0.29) is 0 Å². The Hall–Kier alpha value is -4.66. The lowest BCUT2D eigenvalue weighted by molar-refractivity contribution is 1.30. The first kappa shape index (κ1) is 21.4. The maximum absolute atomic E-state index is 2.39. The molecule has 38 heavy (non-hydrogen) atoms. The fourth-order valence-electron chi connectivity index (χ4n) is 5.67. The molecule has 0 fully saturated rings. The van der Waals surface area contributed by atoms with Gasteiger partial charge in [-0.2, -0.15) is 0 Å². The van der Waals surface area contributed by atoms with Gasteiger partial charge < -0.3 is 4.90 Å². The van der Waals surface area contributed by atoms with Gasteiger partial charge in [-0.1, -0.05) is 84.9 Å². The average Bonchev–Trinajstić information content (AvgIpc) is 3.32. The summed E-state index contributed by atoms with van der Waals surface area (Å²) >= 11 is 1.87. The van der Waals surface area contributed by atoms with Gasteiger partial charge in [-0.3, -0.25) is 0 Å². The SMILES string of the molecule is c1ccc2cc(N(c3ccc4ccccc4c3)c3ccc4sc5cc6ccccc6cc5c4c3)ccc2c1. The molecular weight excluding hydrogens is 478 g/mol. The number of thiophene rings is 1. The van der Waals surface area contributed by atoms with Crippen molar-refractivity contribution in [1.82, 2.24) is 0 Å². The Bertz CT molecular complexity index is 2070. The van der Waals surface area contributed by atoms with Crippen LogP contribution < -0.4 is 4.90 Å². The number of hydrogen-bond donors (Lipinski definition) is 0. The van der Waals surface area contributed by atoms with Crippen LogP contribution in [0, 0.1) is 0 Å². The lowest BCUT2D eigenvalue weighted by atomic mass is 10.0. The molecule has 8 aromatic rings. The van der Waals surface area contributed by atoms with Crippen LogP contribution in [0.25, 0.3) is 52.5 Å². The van der Waals surface area contributed by atoms with Gasteiger partial charge >= 0.3 is 0 Å². The first-order valence-electron chi connectivity index (χ1n) is 12.9. The van der Waals surface area contributed by atoms with E-state index in [1.165, 1.54) is 52.5 Å². The molecular formula is C36H23NS. The highest BCUT2D eigenvalue weighted by Gasteiger charge is 2.16. The molecule has 0 radical (unpaired) electrons. The molecule has 1 heterocycles. The summed E-state index contributed by atoms with van der Waals surface area (Å²) in [7, 11) is 0. The fourth-order valence-corrected chi connectivity index (χ4v) is 6.78. The van der Waals surface area contributed by atoms with Gasteiger partial charge in [0.1, 0.15) is 0 Å². The number of rotatable bonds is 3. The first-order valence-corrected chi connectivity index (χ1v) is 13.7. The maximum Gasteiger partial charge on any atom is 0.0468 e. The monoisotopic (exact) mass is 501 g/mol. The van der Waals surface area contributed by atoms with E-state index in [2.05, 4.69) is 144 Å². The summed E-state index contributed by atoms with van der Waals surface area (Å²) in [6, 6.07) is 50.9. The summed E-state index contributed by atoms with van der Waals surface area (Å²) in [5.41, 5.74) is 3.47. The number of nitrogens with zero attached hydrogens (tertiary/aromatic N) is 1. The molecule has 8 rings (SSSR count). The number of fused-ring (bicyclic) bond motifs is 6. The molecule has 7 aromatic carbocycles. The number of hydrogen-bond acceptors (Lipinski definition) is 2. The minimum atomic E-state index is 1.16. The van der Waals surface area contributed by atoms with Gasteiger partial charge in [0.05, 0.1) is 0 Å². The van der Waals surface area contributed by atoms with Crippen molar-refractivity contribution in [1.29, 1.82) is 0 Å². The average molecular weight is 502 g/mol. The third-order valence-corrected chi connectivity index (χ3v) is 8.70. The number of benzene rings is 7. The van der Waals surface area contributed by atoms with Crippen LogP contribution >= 0.6 is 11.3 Å². The van der Waals surface area contributed by atoms with E-state index in [0.717, 1.165) is 17.1 Å². The molecule has 0 aliphatic rings. The van der Waals surface area contributed by atoms with E-state index in [1.54, 1.807) is 0 Å². The first-order chi connectivity index (χ1) is 18.8. The van der Waals surface area contributed by atoms with Crippen molar-refractivity contribution in [3.05, 3.63) is 140 Å². The van der Waals surface area contributed by atoms with Crippen LogP contribution in [-0.2, 0) is 0 Å². The van der Waals surface area contributed by atoms with Gasteiger partial charge in [0.15, 0.2) is 0 Å². The van der Waals surface area contributed by atoms with Crippen LogP contribution in [0.2, 0.25) is 0 Å². The molecule has 0 atom stereocenters. The predicted octanol–water partition coefficient (Wildman–Crippen LogP) is 11.0. The fraction of sp³-hybridized carbons (Fsp3) is 0. The Balaban J connectivity index is 1.38. The standard InChI is InChI=1S/C36H23NS/c1-3-9-26-19-30(15-13-24(26)7-1)37(31-16-14-25-8-2-4-10-27(25)20-31)32-17-18-35-34(23-32)33-21-28-11-5-6-12-29(28)22-36(33)38-35/h1-23H. The van der Waals surface area contributed by atoms with Crippen molar-refractivity contribution >= 4 is 80.9 Å². The lowest BCUT2D eigenvalue weighted by Crippen LogP contribution is -2.09. The summed E-state index contributed by atoms with van der Waals surface area (Å²) in [5.74, 6) is 0. The van der Waals surface area contributed by atoms with Gasteiger partial charge in [-0.05, 0) is 86.9 Å². The second-order valence-electron chi connectivity index (χ2n) is 9.88. The molecule has 0 amide bonds. The van der Waals surface area contributed by atoms with E-state index in [4.69, 9.17) is 0 Å². The minimum Gasteiger partial charge on any atom is -0.310 e. The van der Waals surface area contributed by atoms with E-state index >= 15 is 0 Å². The van der Waals surface area contributed by atoms with Crippen molar-refractivity contribution in [2.24, 2.45) is 0 Å². The highest BCUT2D eigenvalue weighted by atomic mass is 32.1. The molecule has 0 aliphatic heterocycles. The Morgan fingerprint density at radius 3 is 1.39 bits per heavy atom. The second kappa shape index (κ2) is 8.44. The summed E-state index contributed by atoms with van der Waals surface area (Å²) < 4.78 is 2.65. The van der Waals surface area contributed by atoms with Gasteiger partial charge in [0.2, 0.25) is 0 Å². The van der Waals surface area contributed by atoms with Crippen molar-refractivity contribution in [2.75, 3.05) is 4.90 Å². The van der Waals surface area contributed by atoms with E-state index < -0.39 is 0 Å².